The Labute approximate surface area is 270 Å². The van der Waals surface area contributed by atoms with Crippen molar-refractivity contribution >= 4 is 11.8 Å². The van der Waals surface area contributed by atoms with Gasteiger partial charge in [0.1, 0.15) is 0 Å². The Hall–Kier alpha value is -2.82. The van der Waals surface area contributed by atoms with Gasteiger partial charge in [-0.2, -0.15) is 0 Å². The van der Waals surface area contributed by atoms with Crippen LogP contribution in [-0.2, 0) is 27.4 Å². The van der Waals surface area contributed by atoms with Crippen LogP contribution in [0.15, 0.2) is 60.7 Å². The zero-order valence-electron chi connectivity index (χ0n) is 27.9. The number of β-amino-alcohol motifs (C(OH)–C–C–N with tert-alkyl or cyclic N) is 1. The first kappa shape index (κ1) is 36.6. The van der Waals surface area contributed by atoms with Crippen molar-refractivity contribution < 1.29 is 24.8 Å². The monoisotopic (exact) mass is 624 g/mol. The predicted octanol–water partition coefficient (Wildman–Crippen LogP) is 4.54. The highest BCUT2D eigenvalue weighted by atomic mass is 17.1. The molecular weight excluding hydrogens is 568 g/mol. The number of nitrogens with zero attached hydrogens (tertiary/aromatic N) is 1. The Morgan fingerprint density at radius 3 is 2.11 bits per heavy atom. The molecule has 2 amide bonds. The largest absolute Gasteiger partial charge is 0.390 e. The normalized spacial score (nSPS) is 21.6. The summed E-state index contributed by atoms with van der Waals surface area (Å²) in [6.07, 6.45) is 5.31. The fourth-order valence-electron chi connectivity index (χ4n) is 6.32. The van der Waals surface area contributed by atoms with Crippen LogP contribution in [0.2, 0.25) is 0 Å². The summed E-state index contributed by atoms with van der Waals surface area (Å²) in [4.78, 5) is 32.4. The van der Waals surface area contributed by atoms with Crippen LogP contribution in [0.25, 0.3) is 0 Å². The van der Waals surface area contributed by atoms with Gasteiger partial charge in [-0.1, -0.05) is 79.9 Å². The number of hydrogen-bond acceptors (Lipinski definition) is 7. The zero-order valence-corrected chi connectivity index (χ0v) is 27.9. The van der Waals surface area contributed by atoms with E-state index in [2.05, 4.69) is 25.7 Å². The van der Waals surface area contributed by atoms with E-state index in [9.17, 15) is 14.7 Å². The molecule has 2 aliphatic rings. The summed E-state index contributed by atoms with van der Waals surface area (Å²) in [5.74, 6) is 1.01. The third kappa shape index (κ3) is 13.2. The molecule has 1 heterocycles. The van der Waals surface area contributed by atoms with E-state index in [1.165, 1.54) is 25.7 Å². The second-order valence-corrected chi connectivity index (χ2v) is 13.9. The van der Waals surface area contributed by atoms with Crippen molar-refractivity contribution in [2.45, 2.75) is 110 Å². The highest BCUT2D eigenvalue weighted by Crippen LogP contribution is 2.39. The van der Waals surface area contributed by atoms with E-state index in [0.717, 1.165) is 24.1 Å². The Morgan fingerprint density at radius 1 is 0.956 bits per heavy atom. The molecule has 1 aliphatic heterocycles. The van der Waals surface area contributed by atoms with Crippen LogP contribution in [0.4, 0.5) is 0 Å². The van der Waals surface area contributed by atoms with Crippen molar-refractivity contribution in [1.82, 2.24) is 20.9 Å². The van der Waals surface area contributed by atoms with Crippen molar-refractivity contribution in [3.05, 3.63) is 71.8 Å². The Kier molecular flexibility index (Phi) is 14.9. The van der Waals surface area contributed by atoms with Crippen LogP contribution in [0, 0.1) is 11.8 Å². The second kappa shape index (κ2) is 18.4. The number of fused-ring (bicyclic) bond motifs is 1. The van der Waals surface area contributed by atoms with Gasteiger partial charge in [-0.3, -0.25) is 19.7 Å². The average molecular weight is 625 g/mol. The Bertz CT molecular complexity index is 1140. The van der Waals surface area contributed by atoms with Crippen molar-refractivity contribution in [3.63, 3.8) is 0 Å². The molecular formula is C36H56N4O5. The number of aliphatic hydroxyl groups is 1. The average Bonchev–Trinajstić information content (AvgIpc) is 3.01. The molecule has 1 saturated heterocycles. The second-order valence-electron chi connectivity index (χ2n) is 13.9. The van der Waals surface area contributed by atoms with Gasteiger partial charge in [0.25, 0.3) is 0 Å². The number of hydrogen-bond donors (Lipinski definition) is 5. The smallest absolute Gasteiger partial charge is 0.237 e. The maximum Gasteiger partial charge on any atom is 0.237 e. The van der Waals surface area contributed by atoms with Gasteiger partial charge in [-0.05, 0) is 76.8 Å². The molecule has 250 valence electrons. The first-order valence-electron chi connectivity index (χ1n) is 16.6. The molecule has 5 unspecified atom stereocenters. The van der Waals surface area contributed by atoms with Gasteiger partial charge in [0.15, 0.2) is 0 Å². The SMILES string of the molecule is CC(C)(C)NC(=O)C1CC2CCCCC2CN1CC(O)C(Cc1ccccc1)NC(=O)CNCc1ccccc1.CC(C)OO. The Morgan fingerprint density at radius 2 is 1.53 bits per heavy atom. The standard InChI is InChI=1S/C33H48N4O3.C3H8O2/c1-33(2,3)36-32(40)29-19-26-16-10-11-17-27(26)22-37(29)23-30(38)28(18-24-12-6-4-7-13-24)35-31(39)21-34-20-25-14-8-5-9-15-25;1-3(2)5-4/h4-9,12-15,26-30,34,38H,10-11,16-23H2,1-3H3,(H,35,39)(H,36,40);3-4H,1-2H3. The summed E-state index contributed by atoms with van der Waals surface area (Å²) in [6.45, 7) is 11.4. The lowest BCUT2D eigenvalue weighted by Gasteiger charge is -2.47. The first-order chi connectivity index (χ1) is 21.4. The molecule has 9 nitrogen and oxygen atoms in total. The molecule has 0 spiro atoms. The lowest BCUT2D eigenvalue weighted by Crippen LogP contribution is -2.60. The predicted molar refractivity (Wildman–Crippen MR) is 178 cm³/mol. The van der Waals surface area contributed by atoms with E-state index in [0.29, 0.717) is 31.3 Å². The van der Waals surface area contributed by atoms with E-state index in [1.807, 2.05) is 81.4 Å². The summed E-state index contributed by atoms with van der Waals surface area (Å²) in [7, 11) is 0. The van der Waals surface area contributed by atoms with E-state index in [-0.39, 0.29) is 36.0 Å². The van der Waals surface area contributed by atoms with E-state index in [4.69, 9.17) is 5.26 Å². The van der Waals surface area contributed by atoms with Crippen LogP contribution in [0.1, 0.15) is 77.8 Å². The fourth-order valence-corrected chi connectivity index (χ4v) is 6.32. The van der Waals surface area contributed by atoms with Crippen molar-refractivity contribution in [2.24, 2.45) is 11.8 Å². The number of amides is 2. The minimum atomic E-state index is -0.816. The van der Waals surface area contributed by atoms with E-state index >= 15 is 0 Å². The minimum absolute atomic E-state index is 0.0393. The van der Waals surface area contributed by atoms with E-state index in [1.54, 1.807) is 13.8 Å². The van der Waals surface area contributed by atoms with Crippen molar-refractivity contribution in [3.8, 4) is 0 Å². The number of rotatable bonds is 12. The summed E-state index contributed by atoms with van der Waals surface area (Å²) in [6, 6.07) is 19.2. The number of carbonyl (C=O) groups excluding carboxylic acids is 2. The molecule has 5 N–H and O–H groups in total. The molecule has 2 fully saturated rings. The topological polar surface area (TPSA) is 123 Å². The molecule has 0 aromatic heterocycles. The maximum atomic E-state index is 13.4. The summed E-state index contributed by atoms with van der Waals surface area (Å²) < 4.78 is 0. The molecule has 5 atom stereocenters. The van der Waals surface area contributed by atoms with Crippen LogP contribution < -0.4 is 16.0 Å². The van der Waals surface area contributed by atoms with Gasteiger partial charge in [0.05, 0.1) is 30.8 Å². The zero-order chi connectivity index (χ0) is 32.8. The first-order valence-corrected chi connectivity index (χ1v) is 16.6. The van der Waals surface area contributed by atoms with Gasteiger partial charge >= 0.3 is 0 Å². The summed E-state index contributed by atoms with van der Waals surface area (Å²) >= 11 is 0. The summed E-state index contributed by atoms with van der Waals surface area (Å²) in [5.41, 5.74) is 1.85. The molecule has 9 heteroatoms. The van der Waals surface area contributed by atoms with Gasteiger partial charge in [-0.15, -0.1) is 0 Å². The molecule has 2 aromatic carbocycles. The summed E-state index contributed by atoms with van der Waals surface area (Å²) in [5, 5.41) is 28.7. The number of nitrogens with one attached hydrogen (secondary N) is 3. The van der Waals surface area contributed by atoms with Crippen molar-refractivity contribution in [1.29, 1.82) is 0 Å². The fraction of sp³-hybridized carbons (Fsp3) is 0.611. The highest BCUT2D eigenvalue weighted by molar-refractivity contribution is 5.82. The third-order valence-electron chi connectivity index (χ3n) is 8.50. The molecule has 0 bridgehead atoms. The number of carbonyl (C=O) groups is 2. The quantitative estimate of drug-likeness (QED) is 0.174. The van der Waals surface area contributed by atoms with Crippen LogP contribution >= 0.6 is 0 Å². The Balaban J connectivity index is 0.00000102. The molecule has 0 radical (unpaired) electrons. The van der Waals surface area contributed by atoms with Crippen LogP contribution in [0.3, 0.4) is 0 Å². The number of likely N-dealkylation sites (tertiary alicyclic amines) is 1. The number of aliphatic hydroxyl groups excluding tert-OH is 1. The highest BCUT2D eigenvalue weighted by Gasteiger charge is 2.41. The molecule has 1 saturated carbocycles. The number of benzene rings is 2. The lowest BCUT2D eigenvalue weighted by molar-refractivity contribution is -0.269. The van der Waals surface area contributed by atoms with Gasteiger partial charge < -0.3 is 21.1 Å². The minimum Gasteiger partial charge on any atom is -0.390 e. The van der Waals surface area contributed by atoms with Crippen molar-refractivity contribution in [2.75, 3.05) is 19.6 Å². The number of piperidine rings is 1. The van der Waals surface area contributed by atoms with Crippen LogP contribution in [0.5, 0.6) is 0 Å². The lowest BCUT2D eigenvalue weighted by atomic mass is 9.72. The van der Waals surface area contributed by atoms with Gasteiger partial charge in [0, 0.05) is 25.2 Å². The molecule has 2 aromatic rings. The van der Waals surface area contributed by atoms with Gasteiger partial charge in [-0.25, -0.2) is 4.89 Å². The molecule has 4 rings (SSSR count). The third-order valence-corrected chi connectivity index (χ3v) is 8.50. The maximum absolute atomic E-state index is 13.4. The molecule has 45 heavy (non-hydrogen) atoms. The van der Waals surface area contributed by atoms with Crippen LogP contribution in [-0.4, -0.2) is 76.5 Å². The van der Waals surface area contributed by atoms with Gasteiger partial charge in [0.2, 0.25) is 11.8 Å². The molecule has 1 aliphatic carbocycles. The van der Waals surface area contributed by atoms with E-state index < -0.39 is 12.1 Å².